The molecule has 2 N–H and O–H groups in total. The van der Waals surface area contributed by atoms with Gasteiger partial charge in [0.1, 0.15) is 0 Å². The summed E-state index contributed by atoms with van der Waals surface area (Å²) in [5, 5.41) is 0. The first-order chi connectivity index (χ1) is 9.77. The minimum atomic E-state index is -4.04. The fourth-order valence-corrected chi connectivity index (χ4v) is 3.24. The third kappa shape index (κ3) is 4.22. The Kier molecular flexibility index (Phi) is 4.97. The Morgan fingerprint density at radius 3 is 2.24 bits per heavy atom. The minimum absolute atomic E-state index is 0.0405. The number of aryl methyl sites for hydroxylation is 2. The number of benzene rings is 1. The van der Waals surface area contributed by atoms with Crippen molar-refractivity contribution in [2.75, 3.05) is 0 Å². The van der Waals surface area contributed by atoms with Crippen LogP contribution in [-0.2, 0) is 6.42 Å². The SMILES string of the molecule is Cc1ccc(CC(N)C2CCC(C(F)(F)F)CC2)cc1C. The van der Waals surface area contributed by atoms with E-state index in [1.807, 2.05) is 0 Å². The van der Waals surface area contributed by atoms with Gasteiger partial charge in [0.05, 0.1) is 5.92 Å². The van der Waals surface area contributed by atoms with Gasteiger partial charge in [-0.15, -0.1) is 0 Å². The molecule has 0 radical (unpaired) electrons. The number of hydrogen-bond donors (Lipinski definition) is 1. The zero-order valence-corrected chi connectivity index (χ0v) is 12.7. The molecule has 1 aliphatic carbocycles. The molecule has 21 heavy (non-hydrogen) atoms. The molecule has 118 valence electrons. The van der Waals surface area contributed by atoms with Gasteiger partial charge >= 0.3 is 6.18 Å². The Bertz CT molecular complexity index is 473. The molecule has 1 saturated carbocycles. The zero-order valence-electron chi connectivity index (χ0n) is 12.7. The molecule has 4 heteroatoms. The van der Waals surface area contributed by atoms with E-state index in [9.17, 15) is 13.2 Å². The molecule has 1 fully saturated rings. The van der Waals surface area contributed by atoms with Crippen LogP contribution in [0.4, 0.5) is 13.2 Å². The van der Waals surface area contributed by atoms with E-state index in [0.29, 0.717) is 12.8 Å². The van der Waals surface area contributed by atoms with Crippen molar-refractivity contribution in [1.29, 1.82) is 0 Å². The molecule has 0 aliphatic heterocycles. The predicted octanol–water partition coefficient (Wildman–Crippen LogP) is 4.54. The standard InChI is InChI=1S/C17H24F3N/c1-11-3-4-13(9-12(11)2)10-16(21)14-5-7-15(8-6-14)17(18,19)20/h3-4,9,14-16H,5-8,10,21H2,1-2H3. The van der Waals surface area contributed by atoms with Crippen LogP contribution in [0.25, 0.3) is 0 Å². The number of halogens is 3. The van der Waals surface area contributed by atoms with Gasteiger partial charge in [-0.3, -0.25) is 0 Å². The van der Waals surface area contributed by atoms with Crippen LogP contribution in [0.15, 0.2) is 18.2 Å². The molecular weight excluding hydrogens is 275 g/mol. The van der Waals surface area contributed by atoms with Gasteiger partial charge in [0.25, 0.3) is 0 Å². The highest BCUT2D eigenvalue weighted by molar-refractivity contribution is 5.30. The number of hydrogen-bond acceptors (Lipinski definition) is 1. The van der Waals surface area contributed by atoms with Crippen molar-refractivity contribution in [2.24, 2.45) is 17.6 Å². The second kappa shape index (κ2) is 6.39. The highest BCUT2D eigenvalue weighted by Crippen LogP contribution is 2.40. The molecule has 1 aromatic rings. The van der Waals surface area contributed by atoms with Gasteiger partial charge in [-0.05, 0) is 68.6 Å². The van der Waals surface area contributed by atoms with Crippen molar-refractivity contribution in [3.05, 3.63) is 34.9 Å². The van der Waals surface area contributed by atoms with Crippen molar-refractivity contribution < 1.29 is 13.2 Å². The fourth-order valence-electron chi connectivity index (χ4n) is 3.24. The average molecular weight is 299 g/mol. The van der Waals surface area contributed by atoms with Crippen molar-refractivity contribution >= 4 is 0 Å². The van der Waals surface area contributed by atoms with Crippen molar-refractivity contribution in [3.8, 4) is 0 Å². The zero-order chi connectivity index (χ0) is 15.6. The minimum Gasteiger partial charge on any atom is -0.327 e. The summed E-state index contributed by atoms with van der Waals surface area (Å²) < 4.78 is 38.0. The molecule has 0 amide bonds. The van der Waals surface area contributed by atoms with E-state index < -0.39 is 12.1 Å². The van der Waals surface area contributed by atoms with Gasteiger partial charge in [-0.25, -0.2) is 0 Å². The highest BCUT2D eigenvalue weighted by atomic mass is 19.4. The van der Waals surface area contributed by atoms with E-state index in [-0.39, 0.29) is 24.8 Å². The quantitative estimate of drug-likeness (QED) is 0.871. The normalized spacial score (nSPS) is 24.9. The third-order valence-electron chi connectivity index (χ3n) is 4.88. The maximum atomic E-state index is 12.7. The van der Waals surface area contributed by atoms with Crippen molar-refractivity contribution in [1.82, 2.24) is 0 Å². The fraction of sp³-hybridized carbons (Fsp3) is 0.647. The molecule has 0 spiro atoms. The van der Waals surface area contributed by atoms with Gasteiger partial charge in [-0.2, -0.15) is 13.2 Å². The lowest BCUT2D eigenvalue weighted by molar-refractivity contribution is -0.184. The first-order valence-electron chi connectivity index (χ1n) is 7.66. The second-order valence-corrected chi connectivity index (χ2v) is 6.44. The van der Waals surface area contributed by atoms with Crippen LogP contribution in [0.2, 0.25) is 0 Å². The molecule has 0 saturated heterocycles. The van der Waals surface area contributed by atoms with E-state index in [2.05, 4.69) is 32.0 Å². The summed E-state index contributed by atoms with van der Waals surface area (Å²) in [6, 6.07) is 6.25. The van der Waals surface area contributed by atoms with Crippen LogP contribution in [0.1, 0.15) is 42.4 Å². The van der Waals surface area contributed by atoms with E-state index in [1.54, 1.807) is 0 Å². The van der Waals surface area contributed by atoms with Gasteiger partial charge in [0, 0.05) is 6.04 Å². The summed E-state index contributed by atoms with van der Waals surface area (Å²) in [6.45, 7) is 4.14. The molecular formula is C17H24F3N. The Labute approximate surface area is 124 Å². The van der Waals surface area contributed by atoms with E-state index in [0.717, 1.165) is 6.42 Å². The molecule has 0 bridgehead atoms. The molecule has 1 aromatic carbocycles. The number of nitrogens with two attached hydrogens (primary N) is 1. The molecule has 1 nitrogen and oxygen atoms in total. The first kappa shape index (κ1) is 16.3. The Morgan fingerprint density at radius 2 is 1.71 bits per heavy atom. The van der Waals surface area contributed by atoms with Gasteiger partial charge in [0.2, 0.25) is 0 Å². The largest absolute Gasteiger partial charge is 0.391 e. The lowest BCUT2D eigenvalue weighted by atomic mass is 9.77. The number of rotatable bonds is 3. The van der Waals surface area contributed by atoms with Crippen LogP contribution in [-0.4, -0.2) is 12.2 Å². The van der Waals surface area contributed by atoms with Gasteiger partial charge < -0.3 is 5.73 Å². The van der Waals surface area contributed by atoms with Crippen LogP contribution in [0.3, 0.4) is 0 Å². The second-order valence-electron chi connectivity index (χ2n) is 6.44. The van der Waals surface area contributed by atoms with Crippen LogP contribution < -0.4 is 5.73 Å². The third-order valence-corrected chi connectivity index (χ3v) is 4.88. The van der Waals surface area contributed by atoms with Crippen LogP contribution >= 0.6 is 0 Å². The summed E-state index contributed by atoms with van der Waals surface area (Å²) in [6.07, 6.45) is -1.64. The van der Waals surface area contributed by atoms with Crippen molar-refractivity contribution in [2.45, 2.75) is 58.2 Å². The predicted molar refractivity (Wildman–Crippen MR) is 79.1 cm³/mol. The molecule has 1 aliphatic rings. The van der Waals surface area contributed by atoms with Gasteiger partial charge in [0.15, 0.2) is 0 Å². The topological polar surface area (TPSA) is 26.0 Å². The van der Waals surface area contributed by atoms with Gasteiger partial charge in [-0.1, -0.05) is 18.2 Å². The summed E-state index contributed by atoms with van der Waals surface area (Å²) in [5.41, 5.74) is 9.91. The van der Waals surface area contributed by atoms with E-state index in [4.69, 9.17) is 5.73 Å². The lowest BCUT2D eigenvalue weighted by Crippen LogP contribution is -2.37. The first-order valence-corrected chi connectivity index (χ1v) is 7.66. The van der Waals surface area contributed by atoms with Crippen LogP contribution in [0.5, 0.6) is 0 Å². The Balaban J connectivity index is 1.90. The summed E-state index contributed by atoms with van der Waals surface area (Å²) in [7, 11) is 0. The van der Waals surface area contributed by atoms with E-state index >= 15 is 0 Å². The Hall–Kier alpha value is -1.03. The van der Waals surface area contributed by atoms with Crippen LogP contribution in [0, 0.1) is 25.7 Å². The van der Waals surface area contributed by atoms with Crippen molar-refractivity contribution in [3.63, 3.8) is 0 Å². The summed E-state index contributed by atoms with van der Waals surface area (Å²) in [4.78, 5) is 0. The summed E-state index contributed by atoms with van der Waals surface area (Å²) in [5.74, 6) is -0.909. The lowest BCUT2D eigenvalue weighted by Gasteiger charge is -2.33. The molecule has 2 rings (SSSR count). The smallest absolute Gasteiger partial charge is 0.327 e. The number of alkyl halides is 3. The van der Waals surface area contributed by atoms with E-state index in [1.165, 1.54) is 16.7 Å². The maximum absolute atomic E-state index is 12.7. The molecule has 0 heterocycles. The monoisotopic (exact) mass is 299 g/mol. The average Bonchev–Trinajstić information content (AvgIpc) is 2.42. The molecule has 1 unspecified atom stereocenters. The molecule has 1 atom stereocenters. The maximum Gasteiger partial charge on any atom is 0.391 e. The molecule has 0 aromatic heterocycles. The summed E-state index contributed by atoms with van der Waals surface area (Å²) >= 11 is 0. The Morgan fingerprint density at radius 1 is 1.10 bits per heavy atom. The highest BCUT2D eigenvalue weighted by Gasteiger charge is 2.42.